The fraction of sp³-hybridized carbons (Fsp3) is 0.500. The van der Waals surface area contributed by atoms with Gasteiger partial charge in [-0.1, -0.05) is 18.2 Å². The third kappa shape index (κ3) is 2.50. The van der Waals surface area contributed by atoms with Crippen LogP contribution in [0.4, 0.5) is 0 Å². The summed E-state index contributed by atoms with van der Waals surface area (Å²) >= 11 is 6.15. The maximum atomic E-state index is 12.7. The predicted molar refractivity (Wildman–Crippen MR) is 82.7 cm³/mol. The highest BCUT2D eigenvalue weighted by Crippen LogP contribution is 2.35. The molecule has 1 aliphatic carbocycles. The zero-order chi connectivity index (χ0) is 15.9. The Hall–Kier alpha value is -1.20. The fourth-order valence-electron chi connectivity index (χ4n) is 3.41. The molecule has 0 saturated heterocycles. The number of aryl methyl sites for hydroxylation is 1. The molecule has 4 nitrogen and oxygen atoms in total. The number of hydrogen-bond acceptors (Lipinski definition) is 4. The molecule has 1 aromatic carbocycles. The Morgan fingerprint density at radius 3 is 2.59 bits per heavy atom. The SMILES string of the molecule is O=C1CCCC(Cl)C1C(=O)C1CCc2ccccc2S1(=O)=O. The molecule has 6 heteroatoms. The van der Waals surface area contributed by atoms with E-state index in [-0.39, 0.29) is 17.1 Å². The van der Waals surface area contributed by atoms with Crippen LogP contribution >= 0.6 is 11.6 Å². The fourth-order valence-corrected chi connectivity index (χ4v) is 5.82. The van der Waals surface area contributed by atoms with E-state index >= 15 is 0 Å². The van der Waals surface area contributed by atoms with E-state index in [1.165, 1.54) is 6.07 Å². The van der Waals surface area contributed by atoms with Gasteiger partial charge in [0.2, 0.25) is 0 Å². The van der Waals surface area contributed by atoms with Crippen molar-refractivity contribution in [3.63, 3.8) is 0 Å². The summed E-state index contributed by atoms with van der Waals surface area (Å²) < 4.78 is 25.5. The van der Waals surface area contributed by atoms with Gasteiger partial charge in [0.25, 0.3) is 0 Å². The Kier molecular flexibility index (Phi) is 4.12. The molecule has 0 N–H and O–H groups in total. The summed E-state index contributed by atoms with van der Waals surface area (Å²) in [6.45, 7) is 0. The highest BCUT2D eigenvalue weighted by molar-refractivity contribution is 7.93. The first-order valence-corrected chi connectivity index (χ1v) is 9.43. The number of benzene rings is 1. The smallest absolute Gasteiger partial charge is 0.188 e. The molecule has 3 atom stereocenters. The quantitative estimate of drug-likeness (QED) is 0.612. The lowest BCUT2D eigenvalue weighted by atomic mass is 9.82. The Balaban J connectivity index is 1.96. The Morgan fingerprint density at radius 1 is 1.14 bits per heavy atom. The van der Waals surface area contributed by atoms with Crippen molar-refractivity contribution in [2.45, 2.75) is 47.6 Å². The van der Waals surface area contributed by atoms with E-state index in [9.17, 15) is 18.0 Å². The summed E-state index contributed by atoms with van der Waals surface area (Å²) in [5.74, 6) is -1.70. The van der Waals surface area contributed by atoms with Gasteiger partial charge in [-0.2, -0.15) is 0 Å². The first-order valence-electron chi connectivity index (χ1n) is 7.45. The normalized spacial score (nSPS) is 30.6. The molecule has 0 bridgehead atoms. The van der Waals surface area contributed by atoms with Crippen molar-refractivity contribution in [2.75, 3.05) is 0 Å². The van der Waals surface area contributed by atoms with Crippen molar-refractivity contribution in [2.24, 2.45) is 5.92 Å². The summed E-state index contributed by atoms with van der Waals surface area (Å²) in [5.41, 5.74) is 0.740. The van der Waals surface area contributed by atoms with Gasteiger partial charge in [-0.3, -0.25) is 9.59 Å². The Morgan fingerprint density at radius 2 is 1.86 bits per heavy atom. The van der Waals surface area contributed by atoms with E-state index in [4.69, 9.17) is 11.6 Å². The third-order valence-corrected chi connectivity index (χ3v) is 7.26. The first-order chi connectivity index (χ1) is 10.4. The summed E-state index contributed by atoms with van der Waals surface area (Å²) in [4.78, 5) is 25.0. The summed E-state index contributed by atoms with van der Waals surface area (Å²) in [7, 11) is -3.74. The zero-order valence-corrected chi connectivity index (χ0v) is 13.6. The van der Waals surface area contributed by atoms with Gasteiger partial charge in [-0.25, -0.2) is 8.42 Å². The lowest BCUT2D eigenvalue weighted by molar-refractivity contribution is -0.133. The van der Waals surface area contributed by atoms with E-state index in [1.54, 1.807) is 18.2 Å². The number of sulfone groups is 1. The molecule has 3 rings (SSSR count). The lowest BCUT2D eigenvalue weighted by Crippen LogP contribution is -2.45. The predicted octanol–water partition coefficient (Wildman–Crippen LogP) is 2.32. The molecule has 1 aromatic rings. The molecule has 1 aliphatic heterocycles. The maximum absolute atomic E-state index is 12.7. The molecule has 3 unspecified atom stereocenters. The van der Waals surface area contributed by atoms with Crippen molar-refractivity contribution in [3.8, 4) is 0 Å². The average molecular weight is 341 g/mol. The largest absolute Gasteiger partial charge is 0.299 e. The average Bonchev–Trinajstić information content (AvgIpc) is 2.47. The monoisotopic (exact) mass is 340 g/mol. The van der Waals surface area contributed by atoms with Crippen LogP contribution in [-0.4, -0.2) is 30.6 Å². The number of carbonyl (C=O) groups excluding carboxylic acids is 2. The Bertz CT molecular complexity index is 725. The number of carbonyl (C=O) groups is 2. The van der Waals surface area contributed by atoms with Crippen LogP contribution in [0, 0.1) is 5.92 Å². The van der Waals surface area contributed by atoms with Crippen molar-refractivity contribution in [1.29, 1.82) is 0 Å². The number of fused-ring (bicyclic) bond motifs is 1. The molecule has 0 spiro atoms. The van der Waals surface area contributed by atoms with Crippen LogP contribution in [0.3, 0.4) is 0 Å². The molecule has 118 valence electrons. The second-order valence-corrected chi connectivity index (χ2v) is 8.59. The van der Waals surface area contributed by atoms with Crippen molar-refractivity contribution >= 4 is 33.0 Å². The lowest BCUT2D eigenvalue weighted by Gasteiger charge is -2.30. The zero-order valence-electron chi connectivity index (χ0n) is 12.0. The van der Waals surface area contributed by atoms with E-state index in [1.807, 2.05) is 0 Å². The van der Waals surface area contributed by atoms with Gasteiger partial charge < -0.3 is 0 Å². The van der Waals surface area contributed by atoms with Gasteiger partial charge in [0, 0.05) is 6.42 Å². The van der Waals surface area contributed by atoms with Crippen molar-refractivity contribution in [3.05, 3.63) is 29.8 Å². The van der Waals surface area contributed by atoms with Crippen molar-refractivity contribution in [1.82, 2.24) is 0 Å². The molecule has 0 amide bonds. The van der Waals surface area contributed by atoms with Gasteiger partial charge >= 0.3 is 0 Å². The van der Waals surface area contributed by atoms with E-state index in [2.05, 4.69) is 0 Å². The van der Waals surface area contributed by atoms with Gasteiger partial charge in [0.1, 0.15) is 11.0 Å². The number of rotatable bonds is 2. The molecular weight excluding hydrogens is 324 g/mol. The van der Waals surface area contributed by atoms with Gasteiger partial charge in [0.15, 0.2) is 15.6 Å². The molecule has 1 saturated carbocycles. The molecule has 1 fully saturated rings. The minimum Gasteiger partial charge on any atom is -0.299 e. The van der Waals surface area contributed by atoms with E-state index in [0.29, 0.717) is 25.7 Å². The van der Waals surface area contributed by atoms with Crippen LogP contribution in [0.25, 0.3) is 0 Å². The summed E-state index contributed by atoms with van der Waals surface area (Å²) in [6, 6.07) is 6.74. The van der Waals surface area contributed by atoms with Crippen LogP contribution in [-0.2, 0) is 25.8 Å². The van der Waals surface area contributed by atoms with Gasteiger partial charge in [0.05, 0.1) is 16.2 Å². The van der Waals surface area contributed by atoms with Crippen LogP contribution in [0.2, 0.25) is 0 Å². The summed E-state index contributed by atoms with van der Waals surface area (Å²) in [5, 5.41) is -1.73. The molecule has 2 aliphatic rings. The number of hydrogen-bond donors (Lipinski definition) is 0. The highest BCUT2D eigenvalue weighted by atomic mass is 35.5. The van der Waals surface area contributed by atoms with Crippen LogP contribution < -0.4 is 0 Å². The topological polar surface area (TPSA) is 68.3 Å². The van der Waals surface area contributed by atoms with Gasteiger partial charge in [-0.05, 0) is 37.3 Å². The molecule has 1 heterocycles. The molecule has 22 heavy (non-hydrogen) atoms. The van der Waals surface area contributed by atoms with Crippen LogP contribution in [0.15, 0.2) is 29.2 Å². The van der Waals surface area contributed by atoms with E-state index in [0.717, 1.165) is 5.56 Å². The van der Waals surface area contributed by atoms with Crippen molar-refractivity contribution < 1.29 is 18.0 Å². The van der Waals surface area contributed by atoms with Gasteiger partial charge in [-0.15, -0.1) is 11.6 Å². The Labute approximate surface area is 134 Å². The molecule has 0 radical (unpaired) electrons. The molecular formula is C16H17ClO4S. The number of Topliss-reactive ketones (excluding diaryl/α,β-unsaturated/α-hetero) is 2. The maximum Gasteiger partial charge on any atom is 0.188 e. The third-order valence-electron chi connectivity index (χ3n) is 4.57. The summed E-state index contributed by atoms with van der Waals surface area (Å²) in [6.07, 6.45) is 2.30. The van der Waals surface area contributed by atoms with Crippen LogP contribution in [0.5, 0.6) is 0 Å². The minimum absolute atomic E-state index is 0.217. The second kappa shape index (κ2) is 5.78. The molecule has 0 aromatic heterocycles. The standard InChI is InChI=1S/C16H17ClO4S/c17-11-5-3-6-12(18)15(11)16(19)14-9-8-10-4-1-2-7-13(10)22(14,20)21/h1-2,4,7,11,14-15H,3,5-6,8-9H2. The highest BCUT2D eigenvalue weighted by Gasteiger charge is 2.46. The number of alkyl halides is 1. The van der Waals surface area contributed by atoms with Crippen LogP contribution in [0.1, 0.15) is 31.2 Å². The number of ketones is 2. The minimum atomic E-state index is -3.74. The first kappa shape index (κ1) is 15.7. The number of halogens is 1. The van der Waals surface area contributed by atoms with E-state index < -0.39 is 32.2 Å². The second-order valence-electron chi connectivity index (χ2n) is 5.93.